The van der Waals surface area contributed by atoms with Gasteiger partial charge in [0, 0.05) is 6.61 Å². The molecule has 1 aliphatic rings. The quantitative estimate of drug-likeness (QED) is 0.738. The van der Waals surface area contributed by atoms with E-state index >= 15 is 0 Å². The zero-order valence-corrected chi connectivity index (χ0v) is 11.6. The predicted octanol–water partition coefficient (Wildman–Crippen LogP) is 0.355. The van der Waals surface area contributed by atoms with Gasteiger partial charge in [0.25, 0.3) is 0 Å². The standard InChI is InChI=1S/C12H19N7O/c1-12(2)6(3-4-20)5-7(12)19-10-8(17-18-19)9(13)15-11(14)16-10/h6-7,20H,3-5H2,1-2H3,(H4,13,14,15,16)/t6-,7+/m0/s1. The van der Waals surface area contributed by atoms with E-state index in [1.54, 1.807) is 4.68 Å². The van der Waals surface area contributed by atoms with Crippen LogP contribution in [0.3, 0.4) is 0 Å². The normalized spacial score (nSPS) is 24.8. The van der Waals surface area contributed by atoms with Crippen LogP contribution in [-0.2, 0) is 0 Å². The number of nitrogen functional groups attached to an aromatic ring is 2. The molecule has 0 spiro atoms. The second kappa shape index (κ2) is 4.27. The van der Waals surface area contributed by atoms with Gasteiger partial charge in [0.2, 0.25) is 5.95 Å². The van der Waals surface area contributed by atoms with Crippen molar-refractivity contribution in [3.63, 3.8) is 0 Å². The van der Waals surface area contributed by atoms with Crippen molar-refractivity contribution in [2.75, 3.05) is 18.1 Å². The van der Waals surface area contributed by atoms with Crippen molar-refractivity contribution in [2.45, 2.75) is 32.7 Å². The van der Waals surface area contributed by atoms with Crippen LogP contribution in [-0.4, -0.2) is 36.7 Å². The molecule has 8 heteroatoms. The Labute approximate surface area is 116 Å². The average molecular weight is 277 g/mol. The van der Waals surface area contributed by atoms with Crippen molar-refractivity contribution in [1.82, 2.24) is 25.0 Å². The molecule has 0 aromatic carbocycles. The number of aliphatic hydroxyl groups is 1. The Hall–Kier alpha value is -1.96. The van der Waals surface area contributed by atoms with Crippen molar-refractivity contribution in [3.05, 3.63) is 0 Å². The van der Waals surface area contributed by atoms with Crippen LogP contribution in [0.15, 0.2) is 0 Å². The Balaban J connectivity index is 2.00. The van der Waals surface area contributed by atoms with Gasteiger partial charge in [-0.05, 0) is 24.2 Å². The first-order valence-electron chi connectivity index (χ1n) is 6.70. The number of hydrogen-bond acceptors (Lipinski definition) is 7. The van der Waals surface area contributed by atoms with Crippen LogP contribution in [0, 0.1) is 11.3 Å². The molecular weight excluding hydrogens is 258 g/mol. The van der Waals surface area contributed by atoms with Gasteiger partial charge in [-0.15, -0.1) is 5.10 Å². The molecule has 0 bridgehead atoms. The first-order valence-corrected chi connectivity index (χ1v) is 6.70. The van der Waals surface area contributed by atoms with Gasteiger partial charge >= 0.3 is 0 Å². The lowest BCUT2D eigenvalue weighted by Crippen LogP contribution is -2.46. The highest BCUT2D eigenvalue weighted by atomic mass is 16.3. The highest BCUT2D eigenvalue weighted by molar-refractivity contribution is 5.81. The van der Waals surface area contributed by atoms with E-state index in [1.165, 1.54) is 0 Å². The molecule has 3 rings (SSSR count). The molecule has 0 unspecified atom stereocenters. The van der Waals surface area contributed by atoms with Gasteiger partial charge in [-0.25, -0.2) is 4.68 Å². The largest absolute Gasteiger partial charge is 0.396 e. The topological polar surface area (TPSA) is 129 Å². The van der Waals surface area contributed by atoms with E-state index in [0.717, 1.165) is 12.8 Å². The number of hydrogen-bond donors (Lipinski definition) is 3. The Kier molecular flexibility index (Phi) is 2.79. The molecule has 1 fully saturated rings. The Morgan fingerprint density at radius 3 is 2.75 bits per heavy atom. The summed E-state index contributed by atoms with van der Waals surface area (Å²) in [4.78, 5) is 8.11. The van der Waals surface area contributed by atoms with E-state index in [4.69, 9.17) is 16.6 Å². The lowest BCUT2D eigenvalue weighted by atomic mass is 9.57. The van der Waals surface area contributed by atoms with Crippen LogP contribution in [0.2, 0.25) is 0 Å². The highest BCUT2D eigenvalue weighted by Gasteiger charge is 2.49. The zero-order chi connectivity index (χ0) is 14.5. The minimum Gasteiger partial charge on any atom is -0.396 e. The van der Waals surface area contributed by atoms with E-state index in [1.807, 2.05) is 0 Å². The maximum atomic E-state index is 9.11. The van der Waals surface area contributed by atoms with E-state index in [9.17, 15) is 0 Å². The fourth-order valence-corrected chi connectivity index (χ4v) is 3.13. The molecule has 8 nitrogen and oxygen atoms in total. The molecule has 2 aromatic heterocycles. The molecule has 1 saturated carbocycles. The summed E-state index contributed by atoms with van der Waals surface area (Å²) >= 11 is 0. The van der Waals surface area contributed by atoms with E-state index < -0.39 is 0 Å². The fraction of sp³-hybridized carbons (Fsp3) is 0.667. The monoisotopic (exact) mass is 277 g/mol. The van der Waals surface area contributed by atoms with E-state index in [-0.39, 0.29) is 29.8 Å². The van der Waals surface area contributed by atoms with Gasteiger partial charge in [0.1, 0.15) is 0 Å². The molecule has 2 aromatic rings. The molecule has 2 atom stereocenters. The van der Waals surface area contributed by atoms with Crippen molar-refractivity contribution < 1.29 is 5.11 Å². The summed E-state index contributed by atoms with van der Waals surface area (Å²) in [5, 5.41) is 17.3. The fourth-order valence-electron chi connectivity index (χ4n) is 3.13. The Morgan fingerprint density at radius 1 is 1.35 bits per heavy atom. The third-order valence-electron chi connectivity index (χ3n) is 4.56. The van der Waals surface area contributed by atoms with Crippen LogP contribution in [0.1, 0.15) is 32.7 Å². The number of aliphatic hydroxyl groups excluding tert-OH is 1. The summed E-state index contributed by atoms with van der Waals surface area (Å²) in [5.41, 5.74) is 12.5. The number of rotatable bonds is 3. The number of anilines is 2. The maximum absolute atomic E-state index is 9.11. The second-order valence-electron chi connectivity index (χ2n) is 5.96. The number of fused-ring (bicyclic) bond motifs is 1. The van der Waals surface area contributed by atoms with Gasteiger partial charge in [0.05, 0.1) is 6.04 Å². The van der Waals surface area contributed by atoms with Gasteiger partial charge in [-0.2, -0.15) is 9.97 Å². The molecule has 2 heterocycles. The third-order valence-corrected chi connectivity index (χ3v) is 4.56. The van der Waals surface area contributed by atoms with Gasteiger partial charge < -0.3 is 16.6 Å². The minimum absolute atomic E-state index is 0.0256. The van der Waals surface area contributed by atoms with Crippen molar-refractivity contribution >= 4 is 22.9 Å². The molecule has 108 valence electrons. The predicted molar refractivity (Wildman–Crippen MR) is 74.6 cm³/mol. The first kappa shape index (κ1) is 13.0. The summed E-state index contributed by atoms with van der Waals surface area (Å²) in [7, 11) is 0. The summed E-state index contributed by atoms with van der Waals surface area (Å²) in [6.07, 6.45) is 1.74. The van der Waals surface area contributed by atoms with Gasteiger partial charge in [0.15, 0.2) is 17.0 Å². The molecule has 20 heavy (non-hydrogen) atoms. The molecule has 1 aliphatic carbocycles. The number of nitrogens with zero attached hydrogens (tertiary/aromatic N) is 5. The molecule has 0 aliphatic heterocycles. The zero-order valence-electron chi connectivity index (χ0n) is 11.6. The first-order chi connectivity index (χ1) is 9.45. The second-order valence-corrected chi connectivity index (χ2v) is 5.96. The molecular formula is C12H19N7O. The summed E-state index contributed by atoms with van der Waals surface area (Å²) in [6.45, 7) is 4.55. The van der Waals surface area contributed by atoms with Crippen molar-refractivity contribution in [1.29, 1.82) is 0 Å². The molecule has 5 N–H and O–H groups in total. The molecule has 0 amide bonds. The minimum atomic E-state index is 0.0256. The summed E-state index contributed by atoms with van der Waals surface area (Å²) < 4.78 is 1.79. The lowest BCUT2D eigenvalue weighted by Gasteiger charge is -2.51. The molecule has 0 saturated heterocycles. The Morgan fingerprint density at radius 2 is 2.10 bits per heavy atom. The maximum Gasteiger partial charge on any atom is 0.224 e. The third kappa shape index (κ3) is 1.71. The van der Waals surface area contributed by atoms with Crippen LogP contribution < -0.4 is 11.5 Å². The Bertz CT molecular complexity index is 651. The lowest BCUT2D eigenvalue weighted by molar-refractivity contribution is -0.0285. The van der Waals surface area contributed by atoms with Crippen LogP contribution >= 0.6 is 0 Å². The summed E-state index contributed by atoms with van der Waals surface area (Å²) in [5.74, 6) is 0.846. The van der Waals surface area contributed by atoms with Crippen LogP contribution in [0.4, 0.5) is 11.8 Å². The van der Waals surface area contributed by atoms with Crippen molar-refractivity contribution in [3.8, 4) is 0 Å². The van der Waals surface area contributed by atoms with E-state index in [2.05, 4.69) is 34.1 Å². The summed E-state index contributed by atoms with van der Waals surface area (Å²) in [6, 6.07) is 0.178. The smallest absolute Gasteiger partial charge is 0.224 e. The SMILES string of the molecule is CC1(C)[C@@H](CCO)C[C@H]1n1nnc2c(N)nc(N)nc21. The van der Waals surface area contributed by atoms with E-state index in [0.29, 0.717) is 17.1 Å². The number of aromatic nitrogens is 5. The average Bonchev–Trinajstić information content (AvgIpc) is 2.77. The van der Waals surface area contributed by atoms with Crippen molar-refractivity contribution in [2.24, 2.45) is 11.3 Å². The van der Waals surface area contributed by atoms with Gasteiger partial charge in [-0.1, -0.05) is 19.1 Å². The highest BCUT2D eigenvalue weighted by Crippen LogP contribution is 2.55. The molecule has 0 radical (unpaired) electrons. The van der Waals surface area contributed by atoms with Crippen LogP contribution in [0.25, 0.3) is 11.2 Å². The van der Waals surface area contributed by atoms with Crippen LogP contribution in [0.5, 0.6) is 0 Å². The number of nitrogens with two attached hydrogens (primary N) is 2. The van der Waals surface area contributed by atoms with Gasteiger partial charge in [-0.3, -0.25) is 0 Å².